The molecular weight excluding hydrogens is 224 g/mol. The van der Waals surface area contributed by atoms with Crippen LogP contribution in [0, 0.1) is 0 Å². The lowest BCUT2D eigenvalue weighted by Gasteiger charge is -2.10. The van der Waals surface area contributed by atoms with Gasteiger partial charge in [0.1, 0.15) is 0 Å². The summed E-state index contributed by atoms with van der Waals surface area (Å²) in [6.07, 6.45) is 4.60. The van der Waals surface area contributed by atoms with Crippen LogP contribution in [0.1, 0.15) is 29.6 Å². The van der Waals surface area contributed by atoms with E-state index in [1.807, 2.05) is 30.3 Å². The molecule has 1 fully saturated rings. The highest BCUT2D eigenvalue weighted by molar-refractivity contribution is 6.06. The minimum atomic E-state index is 0.193. The third kappa shape index (κ3) is 2.14. The first kappa shape index (κ1) is 11.4. The molecule has 2 heterocycles. The van der Waals surface area contributed by atoms with Gasteiger partial charge in [0.15, 0.2) is 5.78 Å². The molecule has 1 saturated heterocycles. The second-order valence-electron chi connectivity index (χ2n) is 4.80. The average molecular weight is 240 g/mol. The molecule has 3 rings (SSSR count). The van der Waals surface area contributed by atoms with Gasteiger partial charge in [-0.05, 0) is 31.5 Å². The van der Waals surface area contributed by atoms with E-state index in [4.69, 9.17) is 0 Å². The van der Waals surface area contributed by atoms with Gasteiger partial charge in [-0.3, -0.25) is 9.78 Å². The van der Waals surface area contributed by atoms with Crippen molar-refractivity contribution in [1.29, 1.82) is 0 Å². The van der Waals surface area contributed by atoms with Gasteiger partial charge in [0.2, 0.25) is 0 Å². The molecule has 0 radical (unpaired) electrons. The molecule has 1 aromatic heterocycles. The van der Waals surface area contributed by atoms with Gasteiger partial charge < -0.3 is 5.32 Å². The van der Waals surface area contributed by atoms with E-state index in [1.54, 1.807) is 6.20 Å². The highest BCUT2D eigenvalue weighted by Crippen LogP contribution is 2.19. The number of nitrogens with one attached hydrogen (secondary N) is 1. The summed E-state index contributed by atoms with van der Waals surface area (Å²) in [5.41, 5.74) is 1.57. The number of carbonyl (C=O) groups excluding carboxylic acids is 1. The summed E-state index contributed by atoms with van der Waals surface area (Å²) in [7, 11) is 0. The Morgan fingerprint density at radius 1 is 1.33 bits per heavy atom. The minimum absolute atomic E-state index is 0.193. The molecule has 1 atom stereocenters. The molecule has 1 unspecified atom stereocenters. The zero-order valence-electron chi connectivity index (χ0n) is 10.2. The lowest BCUT2D eigenvalue weighted by Crippen LogP contribution is -2.24. The maximum absolute atomic E-state index is 12.3. The summed E-state index contributed by atoms with van der Waals surface area (Å²) in [6.45, 7) is 1.03. The Labute approximate surface area is 106 Å². The summed E-state index contributed by atoms with van der Waals surface area (Å²) in [5, 5.41) is 4.39. The van der Waals surface area contributed by atoms with Crippen molar-refractivity contribution in [2.45, 2.75) is 25.3 Å². The van der Waals surface area contributed by atoms with Gasteiger partial charge in [0.05, 0.1) is 5.52 Å². The van der Waals surface area contributed by atoms with Crippen LogP contribution in [0.4, 0.5) is 0 Å². The fourth-order valence-corrected chi connectivity index (χ4v) is 2.59. The molecule has 3 nitrogen and oxygen atoms in total. The van der Waals surface area contributed by atoms with Crippen LogP contribution in [0.5, 0.6) is 0 Å². The molecule has 0 saturated carbocycles. The predicted molar refractivity (Wildman–Crippen MR) is 71.7 cm³/mol. The number of aromatic nitrogens is 1. The Balaban J connectivity index is 1.91. The van der Waals surface area contributed by atoms with Crippen LogP contribution in [0.25, 0.3) is 10.9 Å². The molecule has 1 aromatic carbocycles. The van der Waals surface area contributed by atoms with Gasteiger partial charge in [-0.15, -0.1) is 0 Å². The van der Waals surface area contributed by atoms with E-state index in [-0.39, 0.29) is 5.78 Å². The Kier molecular flexibility index (Phi) is 3.07. The third-order valence-electron chi connectivity index (χ3n) is 3.53. The van der Waals surface area contributed by atoms with Gasteiger partial charge in [0, 0.05) is 29.6 Å². The average Bonchev–Trinajstić information content (AvgIpc) is 2.91. The first-order valence-electron chi connectivity index (χ1n) is 6.45. The summed E-state index contributed by atoms with van der Waals surface area (Å²) >= 11 is 0. The van der Waals surface area contributed by atoms with Crippen LogP contribution in [0.15, 0.2) is 36.5 Å². The molecule has 18 heavy (non-hydrogen) atoms. The van der Waals surface area contributed by atoms with Gasteiger partial charge in [-0.1, -0.05) is 18.2 Å². The first-order chi connectivity index (χ1) is 8.84. The van der Waals surface area contributed by atoms with Crippen molar-refractivity contribution in [2.75, 3.05) is 6.54 Å². The van der Waals surface area contributed by atoms with E-state index in [0.29, 0.717) is 12.5 Å². The van der Waals surface area contributed by atoms with Gasteiger partial charge in [0.25, 0.3) is 0 Å². The molecule has 1 aliphatic rings. The normalized spacial score (nSPS) is 19.2. The number of carbonyl (C=O) groups is 1. The molecule has 1 aliphatic heterocycles. The largest absolute Gasteiger partial charge is 0.314 e. The second kappa shape index (κ2) is 4.86. The van der Waals surface area contributed by atoms with Crippen LogP contribution >= 0.6 is 0 Å². The van der Waals surface area contributed by atoms with Crippen molar-refractivity contribution < 1.29 is 4.79 Å². The highest BCUT2D eigenvalue weighted by Gasteiger charge is 2.19. The van der Waals surface area contributed by atoms with E-state index in [0.717, 1.165) is 29.4 Å². The van der Waals surface area contributed by atoms with Gasteiger partial charge >= 0.3 is 0 Å². The van der Waals surface area contributed by atoms with Gasteiger partial charge in [-0.25, -0.2) is 0 Å². The molecule has 2 aromatic rings. The molecule has 3 heteroatoms. The molecule has 0 aliphatic carbocycles. The first-order valence-corrected chi connectivity index (χ1v) is 6.45. The Hall–Kier alpha value is -1.74. The molecular formula is C15H16N2O. The number of hydrogen-bond acceptors (Lipinski definition) is 3. The van der Waals surface area contributed by atoms with E-state index in [2.05, 4.69) is 10.3 Å². The molecule has 0 amide bonds. The summed E-state index contributed by atoms with van der Waals surface area (Å²) in [4.78, 5) is 16.7. The van der Waals surface area contributed by atoms with Gasteiger partial charge in [-0.2, -0.15) is 0 Å². The summed E-state index contributed by atoms with van der Waals surface area (Å²) in [5.74, 6) is 0.193. The van der Waals surface area contributed by atoms with E-state index < -0.39 is 0 Å². The minimum Gasteiger partial charge on any atom is -0.314 e. The van der Waals surface area contributed by atoms with Crippen LogP contribution in [0.3, 0.4) is 0 Å². The number of fused-ring (bicyclic) bond motifs is 1. The van der Waals surface area contributed by atoms with E-state index in [1.165, 1.54) is 6.42 Å². The van der Waals surface area contributed by atoms with Crippen LogP contribution in [0.2, 0.25) is 0 Å². The van der Waals surface area contributed by atoms with Crippen molar-refractivity contribution in [3.05, 3.63) is 42.1 Å². The number of para-hydroxylation sites is 1. The van der Waals surface area contributed by atoms with Crippen molar-refractivity contribution in [3.63, 3.8) is 0 Å². The SMILES string of the molecule is O=C(CC1CCCN1)c1cccc2cccnc12. The Morgan fingerprint density at radius 2 is 2.22 bits per heavy atom. The predicted octanol–water partition coefficient (Wildman–Crippen LogP) is 2.56. The lowest BCUT2D eigenvalue weighted by molar-refractivity contribution is 0.0973. The van der Waals surface area contributed by atoms with Crippen molar-refractivity contribution in [3.8, 4) is 0 Å². The van der Waals surface area contributed by atoms with Crippen molar-refractivity contribution >= 4 is 16.7 Å². The van der Waals surface area contributed by atoms with E-state index in [9.17, 15) is 4.79 Å². The maximum Gasteiger partial charge on any atom is 0.166 e. The van der Waals surface area contributed by atoms with Crippen molar-refractivity contribution in [2.24, 2.45) is 0 Å². The number of pyridine rings is 1. The smallest absolute Gasteiger partial charge is 0.166 e. The fourth-order valence-electron chi connectivity index (χ4n) is 2.59. The Morgan fingerprint density at radius 3 is 3.06 bits per heavy atom. The lowest BCUT2D eigenvalue weighted by atomic mass is 10.00. The Bertz CT molecular complexity index is 568. The van der Waals surface area contributed by atoms with E-state index >= 15 is 0 Å². The van der Waals surface area contributed by atoms with Crippen LogP contribution in [-0.4, -0.2) is 23.4 Å². The topological polar surface area (TPSA) is 42.0 Å². The number of nitrogens with zero attached hydrogens (tertiary/aromatic N) is 1. The number of hydrogen-bond donors (Lipinski definition) is 1. The summed E-state index contributed by atoms with van der Waals surface area (Å²) < 4.78 is 0. The second-order valence-corrected chi connectivity index (χ2v) is 4.80. The van der Waals surface area contributed by atoms with Crippen LogP contribution < -0.4 is 5.32 Å². The van der Waals surface area contributed by atoms with Crippen molar-refractivity contribution in [1.82, 2.24) is 10.3 Å². The summed E-state index contributed by atoms with van der Waals surface area (Å²) in [6, 6.07) is 10.0. The zero-order valence-corrected chi connectivity index (χ0v) is 10.2. The molecule has 1 N–H and O–H groups in total. The fraction of sp³-hybridized carbons (Fsp3) is 0.333. The molecule has 92 valence electrons. The highest BCUT2D eigenvalue weighted by atomic mass is 16.1. The zero-order chi connectivity index (χ0) is 12.4. The monoisotopic (exact) mass is 240 g/mol. The third-order valence-corrected chi connectivity index (χ3v) is 3.53. The number of Topliss-reactive ketones (excluding diaryl/α,β-unsaturated/α-hetero) is 1. The molecule has 0 bridgehead atoms. The number of rotatable bonds is 3. The maximum atomic E-state index is 12.3. The quantitative estimate of drug-likeness (QED) is 0.838. The number of benzene rings is 1. The molecule has 0 spiro atoms. The van der Waals surface area contributed by atoms with Crippen LogP contribution in [-0.2, 0) is 0 Å². The number of ketones is 1. The standard InChI is InChI=1S/C15H16N2O/c18-14(10-12-6-3-8-16-12)13-7-1-4-11-5-2-9-17-15(11)13/h1-2,4-5,7,9,12,16H,3,6,8,10H2.